The highest BCUT2D eigenvalue weighted by atomic mass is 35.5. The van der Waals surface area contributed by atoms with Gasteiger partial charge in [0.1, 0.15) is 16.3 Å². The van der Waals surface area contributed by atoms with Gasteiger partial charge in [-0.25, -0.2) is 4.79 Å². The summed E-state index contributed by atoms with van der Waals surface area (Å²) in [5.74, 6) is -0.351. The number of rotatable bonds is 6. The van der Waals surface area contributed by atoms with Crippen molar-refractivity contribution in [1.29, 1.82) is 0 Å². The number of methoxy groups -OCH3 is 1. The molecule has 3 aromatic rings. The first-order valence-corrected chi connectivity index (χ1v) is 10.1. The zero-order valence-corrected chi connectivity index (χ0v) is 17.8. The Labute approximate surface area is 178 Å². The number of ether oxygens (including phenoxy) is 2. The number of esters is 1. The van der Waals surface area contributed by atoms with E-state index in [4.69, 9.17) is 21.1 Å². The summed E-state index contributed by atoms with van der Waals surface area (Å²) in [6.07, 6.45) is 0. The van der Waals surface area contributed by atoms with Crippen molar-refractivity contribution in [2.24, 2.45) is 0 Å². The van der Waals surface area contributed by atoms with Crippen LogP contribution in [0.25, 0.3) is 11.1 Å². The van der Waals surface area contributed by atoms with Crippen molar-refractivity contribution in [1.82, 2.24) is 0 Å². The highest BCUT2D eigenvalue weighted by Crippen LogP contribution is 2.38. The average Bonchev–Trinajstić information content (AvgIpc) is 3.12. The first kappa shape index (κ1) is 20.9. The lowest BCUT2D eigenvalue weighted by molar-refractivity contribution is -0.118. The van der Waals surface area contributed by atoms with Crippen LogP contribution in [0.2, 0.25) is 5.02 Å². The summed E-state index contributed by atoms with van der Waals surface area (Å²) < 4.78 is 10.4. The Morgan fingerprint density at radius 2 is 1.79 bits per heavy atom. The summed E-state index contributed by atoms with van der Waals surface area (Å²) in [7, 11) is 1.32. The number of thiophene rings is 1. The second-order valence-electron chi connectivity index (χ2n) is 6.45. The molecule has 0 aliphatic rings. The van der Waals surface area contributed by atoms with Gasteiger partial charge in [-0.05, 0) is 49.2 Å². The van der Waals surface area contributed by atoms with E-state index < -0.39 is 5.97 Å². The van der Waals surface area contributed by atoms with Crippen LogP contribution in [0.3, 0.4) is 0 Å². The molecule has 150 valence electrons. The van der Waals surface area contributed by atoms with E-state index in [-0.39, 0.29) is 12.5 Å². The Morgan fingerprint density at radius 1 is 1.07 bits per heavy atom. The smallest absolute Gasteiger partial charge is 0.341 e. The molecule has 0 saturated heterocycles. The lowest BCUT2D eigenvalue weighted by Crippen LogP contribution is -2.21. The predicted molar refractivity (Wildman–Crippen MR) is 116 cm³/mol. The molecular formula is C22H20ClNO4S. The van der Waals surface area contributed by atoms with Crippen LogP contribution in [0.4, 0.5) is 5.00 Å². The first-order chi connectivity index (χ1) is 13.9. The summed E-state index contributed by atoms with van der Waals surface area (Å²) in [5.41, 5.74) is 4.11. The van der Waals surface area contributed by atoms with Crippen LogP contribution in [0.1, 0.15) is 21.5 Å². The lowest BCUT2D eigenvalue weighted by atomic mass is 9.97. The monoisotopic (exact) mass is 429 g/mol. The molecule has 7 heteroatoms. The van der Waals surface area contributed by atoms with Crippen LogP contribution in [0, 0.1) is 13.8 Å². The number of amides is 1. The van der Waals surface area contributed by atoms with Crippen molar-refractivity contribution >= 4 is 39.8 Å². The molecule has 0 atom stereocenters. The fourth-order valence-corrected chi connectivity index (χ4v) is 3.91. The van der Waals surface area contributed by atoms with E-state index in [1.165, 1.54) is 18.4 Å². The fourth-order valence-electron chi connectivity index (χ4n) is 2.82. The summed E-state index contributed by atoms with van der Waals surface area (Å²) >= 11 is 7.11. The maximum absolute atomic E-state index is 12.5. The van der Waals surface area contributed by atoms with Crippen LogP contribution >= 0.6 is 22.9 Å². The molecular weight excluding hydrogens is 410 g/mol. The van der Waals surface area contributed by atoms with Crippen molar-refractivity contribution in [3.63, 3.8) is 0 Å². The van der Waals surface area contributed by atoms with E-state index in [0.717, 1.165) is 22.3 Å². The fraction of sp³-hybridized carbons (Fsp3) is 0.182. The number of nitrogens with one attached hydrogen (secondary N) is 1. The number of hydrogen-bond donors (Lipinski definition) is 1. The first-order valence-electron chi connectivity index (χ1n) is 8.84. The van der Waals surface area contributed by atoms with Gasteiger partial charge in [-0.15, -0.1) is 11.3 Å². The van der Waals surface area contributed by atoms with Crippen molar-refractivity contribution in [3.8, 4) is 16.9 Å². The SMILES string of the molecule is COC(=O)c1c(-c2cc(C)ccc2C)csc1NC(=O)COc1ccc(Cl)cc1. The van der Waals surface area contributed by atoms with Crippen LogP contribution in [0.5, 0.6) is 5.75 Å². The molecule has 2 aromatic carbocycles. The third kappa shape index (κ3) is 4.96. The Bertz CT molecular complexity index is 1040. The van der Waals surface area contributed by atoms with Crippen molar-refractivity contribution in [2.75, 3.05) is 19.0 Å². The molecule has 0 radical (unpaired) electrons. The molecule has 0 fully saturated rings. The number of halogens is 1. The molecule has 0 aliphatic carbocycles. The number of carbonyl (C=O) groups excluding carboxylic acids is 2. The molecule has 0 bridgehead atoms. The molecule has 0 spiro atoms. The number of anilines is 1. The van der Waals surface area contributed by atoms with Crippen LogP contribution in [-0.4, -0.2) is 25.6 Å². The highest BCUT2D eigenvalue weighted by Gasteiger charge is 2.23. The van der Waals surface area contributed by atoms with E-state index >= 15 is 0 Å². The second-order valence-corrected chi connectivity index (χ2v) is 7.77. The zero-order valence-electron chi connectivity index (χ0n) is 16.2. The number of carbonyl (C=O) groups is 2. The van der Waals surface area contributed by atoms with Crippen LogP contribution in [-0.2, 0) is 9.53 Å². The normalized spacial score (nSPS) is 10.5. The van der Waals surface area contributed by atoms with Gasteiger partial charge in [0.05, 0.1) is 7.11 Å². The summed E-state index contributed by atoms with van der Waals surface area (Å²) in [6, 6.07) is 12.7. The molecule has 5 nitrogen and oxygen atoms in total. The Morgan fingerprint density at radius 3 is 2.48 bits per heavy atom. The van der Waals surface area contributed by atoms with Gasteiger partial charge < -0.3 is 14.8 Å². The average molecular weight is 430 g/mol. The summed E-state index contributed by atoms with van der Waals surface area (Å²) in [5, 5.41) is 5.62. The molecule has 1 aromatic heterocycles. The van der Waals surface area contributed by atoms with E-state index in [0.29, 0.717) is 21.3 Å². The van der Waals surface area contributed by atoms with Gasteiger partial charge in [-0.1, -0.05) is 35.4 Å². The maximum Gasteiger partial charge on any atom is 0.341 e. The van der Waals surface area contributed by atoms with Gasteiger partial charge in [0.15, 0.2) is 6.61 Å². The zero-order chi connectivity index (χ0) is 21.0. The van der Waals surface area contributed by atoms with Gasteiger partial charge in [0, 0.05) is 16.0 Å². The quantitative estimate of drug-likeness (QED) is 0.526. The molecule has 1 amide bonds. The molecule has 3 rings (SSSR count). The van der Waals surface area contributed by atoms with E-state index in [1.54, 1.807) is 24.3 Å². The van der Waals surface area contributed by atoms with Gasteiger partial charge in [-0.2, -0.15) is 0 Å². The maximum atomic E-state index is 12.5. The summed E-state index contributed by atoms with van der Waals surface area (Å²) in [4.78, 5) is 24.8. The third-order valence-electron chi connectivity index (χ3n) is 4.30. The molecule has 0 saturated carbocycles. The van der Waals surface area contributed by atoms with Gasteiger partial charge in [-0.3, -0.25) is 4.79 Å². The standard InChI is InChI=1S/C22H20ClNO4S/c1-13-4-5-14(2)17(10-13)18-12-29-21(20(18)22(26)27-3)24-19(25)11-28-16-8-6-15(23)7-9-16/h4-10,12H,11H2,1-3H3,(H,24,25). The number of hydrogen-bond acceptors (Lipinski definition) is 5. The Kier molecular flexibility index (Phi) is 6.56. The summed E-state index contributed by atoms with van der Waals surface area (Å²) in [6.45, 7) is 3.77. The molecule has 0 aliphatic heterocycles. The van der Waals surface area contributed by atoms with Gasteiger partial charge in [0.25, 0.3) is 5.91 Å². The van der Waals surface area contributed by atoms with E-state index in [1.807, 2.05) is 37.4 Å². The minimum atomic E-state index is -0.504. The molecule has 29 heavy (non-hydrogen) atoms. The lowest BCUT2D eigenvalue weighted by Gasteiger charge is -2.10. The highest BCUT2D eigenvalue weighted by molar-refractivity contribution is 7.15. The van der Waals surface area contributed by atoms with E-state index in [2.05, 4.69) is 5.32 Å². The molecule has 1 N–H and O–H groups in total. The Balaban J connectivity index is 1.82. The van der Waals surface area contributed by atoms with Crippen molar-refractivity contribution in [3.05, 3.63) is 69.6 Å². The van der Waals surface area contributed by atoms with E-state index in [9.17, 15) is 9.59 Å². The Hall–Kier alpha value is -2.83. The van der Waals surface area contributed by atoms with Crippen molar-refractivity contribution < 1.29 is 19.1 Å². The van der Waals surface area contributed by atoms with Crippen molar-refractivity contribution in [2.45, 2.75) is 13.8 Å². The number of aryl methyl sites for hydroxylation is 2. The number of benzene rings is 2. The topological polar surface area (TPSA) is 64.6 Å². The molecule has 1 heterocycles. The largest absolute Gasteiger partial charge is 0.484 e. The van der Waals surface area contributed by atoms with Crippen LogP contribution < -0.4 is 10.1 Å². The van der Waals surface area contributed by atoms with Gasteiger partial charge >= 0.3 is 5.97 Å². The minimum Gasteiger partial charge on any atom is -0.484 e. The third-order valence-corrected chi connectivity index (χ3v) is 5.45. The van der Waals surface area contributed by atoms with Gasteiger partial charge in [0.2, 0.25) is 0 Å². The predicted octanol–water partition coefficient (Wildman–Crippen LogP) is 5.49. The van der Waals surface area contributed by atoms with Crippen LogP contribution in [0.15, 0.2) is 47.8 Å². The second kappa shape index (κ2) is 9.11. The minimum absolute atomic E-state index is 0.195. The molecule has 0 unspecified atom stereocenters.